The second kappa shape index (κ2) is 6.28. The number of aryl methyl sites for hydroxylation is 1. The maximum atomic E-state index is 5.20. The molecule has 0 saturated heterocycles. The number of methoxy groups -OCH3 is 1. The SMILES string of the molecule is CCN(Cc1ccc(C)cc1)c1ccc(OC)cc1. The maximum Gasteiger partial charge on any atom is 0.119 e. The van der Waals surface area contributed by atoms with E-state index in [2.05, 4.69) is 55.1 Å². The average molecular weight is 255 g/mol. The Morgan fingerprint density at radius 2 is 1.58 bits per heavy atom. The molecular weight excluding hydrogens is 234 g/mol. The van der Waals surface area contributed by atoms with Crippen LogP contribution in [0.3, 0.4) is 0 Å². The van der Waals surface area contributed by atoms with Gasteiger partial charge in [0.1, 0.15) is 5.75 Å². The number of rotatable bonds is 5. The molecule has 0 radical (unpaired) electrons. The molecular formula is C17H21NO. The molecule has 0 aliphatic heterocycles. The quantitative estimate of drug-likeness (QED) is 0.799. The summed E-state index contributed by atoms with van der Waals surface area (Å²) in [5.74, 6) is 0.898. The molecule has 2 aromatic rings. The van der Waals surface area contributed by atoms with Gasteiger partial charge >= 0.3 is 0 Å². The zero-order valence-corrected chi connectivity index (χ0v) is 11.9. The molecule has 0 aromatic heterocycles. The van der Waals surface area contributed by atoms with E-state index in [1.165, 1.54) is 16.8 Å². The van der Waals surface area contributed by atoms with Gasteiger partial charge in [-0.05, 0) is 43.7 Å². The third-order valence-corrected chi connectivity index (χ3v) is 3.31. The van der Waals surface area contributed by atoms with E-state index in [9.17, 15) is 0 Å². The standard InChI is InChI=1S/C17H21NO/c1-4-18(13-15-7-5-14(2)6-8-15)16-9-11-17(19-3)12-10-16/h5-12H,4,13H2,1-3H3. The lowest BCUT2D eigenvalue weighted by molar-refractivity contribution is 0.415. The van der Waals surface area contributed by atoms with E-state index in [-0.39, 0.29) is 0 Å². The lowest BCUT2D eigenvalue weighted by Crippen LogP contribution is -2.21. The number of benzene rings is 2. The lowest BCUT2D eigenvalue weighted by atomic mass is 10.1. The highest BCUT2D eigenvalue weighted by atomic mass is 16.5. The molecule has 2 rings (SSSR count). The first-order valence-corrected chi connectivity index (χ1v) is 6.67. The molecule has 0 spiro atoms. The van der Waals surface area contributed by atoms with Gasteiger partial charge in [-0.3, -0.25) is 0 Å². The normalized spacial score (nSPS) is 10.3. The topological polar surface area (TPSA) is 12.5 Å². The smallest absolute Gasteiger partial charge is 0.119 e. The van der Waals surface area contributed by atoms with E-state index < -0.39 is 0 Å². The molecule has 2 heteroatoms. The van der Waals surface area contributed by atoms with Crippen LogP contribution in [0.25, 0.3) is 0 Å². The Balaban J connectivity index is 2.12. The van der Waals surface area contributed by atoms with Gasteiger partial charge < -0.3 is 9.64 Å². The zero-order chi connectivity index (χ0) is 13.7. The Kier molecular flexibility index (Phi) is 4.45. The molecule has 0 bridgehead atoms. The van der Waals surface area contributed by atoms with E-state index >= 15 is 0 Å². The van der Waals surface area contributed by atoms with Crippen molar-refractivity contribution in [3.05, 3.63) is 59.7 Å². The first kappa shape index (κ1) is 13.5. The third-order valence-electron chi connectivity index (χ3n) is 3.31. The summed E-state index contributed by atoms with van der Waals surface area (Å²) in [6, 6.07) is 16.9. The Hall–Kier alpha value is -1.96. The molecule has 0 N–H and O–H groups in total. The van der Waals surface area contributed by atoms with Crippen molar-refractivity contribution < 1.29 is 4.74 Å². The summed E-state index contributed by atoms with van der Waals surface area (Å²) >= 11 is 0. The van der Waals surface area contributed by atoms with Crippen LogP contribution in [0.5, 0.6) is 5.75 Å². The molecule has 0 unspecified atom stereocenters. The summed E-state index contributed by atoms with van der Waals surface area (Å²) in [6.07, 6.45) is 0. The second-order valence-corrected chi connectivity index (χ2v) is 4.70. The van der Waals surface area contributed by atoms with Gasteiger partial charge in [-0.15, -0.1) is 0 Å². The average Bonchev–Trinajstić information content (AvgIpc) is 2.47. The Labute approximate surface area is 115 Å². The van der Waals surface area contributed by atoms with Crippen LogP contribution >= 0.6 is 0 Å². The monoisotopic (exact) mass is 255 g/mol. The number of hydrogen-bond acceptors (Lipinski definition) is 2. The first-order chi connectivity index (χ1) is 9.22. The van der Waals surface area contributed by atoms with Crippen molar-refractivity contribution in [2.24, 2.45) is 0 Å². The van der Waals surface area contributed by atoms with E-state index in [0.29, 0.717) is 0 Å². The Morgan fingerprint density at radius 3 is 2.11 bits per heavy atom. The van der Waals surface area contributed by atoms with Crippen molar-refractivity contribution in [2.45, 2.75) is 20.4 Å². The van der Waals surface area contributed by atoms with Crippen molar-refractivity contribution in [3.63, 3.8) is 0 Å². The number of ether oxygens (including phenoxy) is 1. The third kappa shape index (κ3) is 3.50. The van der Waals surface area contributed by atoms with Gasteiger partial charge in [0.15, 0.2) is 0 Å². The van der Waals surface area contributed by atoms with E-state index in [1.807, 2.05) is 12.1 Å². The van der Waals surface area contributed by atoms with Crippen LogP contribution in [0.4, 0.5) is 5.69 Å². The Morgan fingerprint density at radius 1 is 0.947 bits per heavy atom. The van der Waals surface area contributed by atoms with Crippen LogP contribution < -0.4 is 9.64 Å². The summed E-state index contributed by atoms with van der Waals surface area (Å²) in [5, 5.41) is 0. The van der Waals surface area contributed by atoms with E-state index in [4.69, 9.17) is 4.74 Å². The van der Waals surface area contributed by atoms with Crippen molar-refractivity contribution >= 4 is 5.69 Å². The number of anilines is 1. The van der Waals surface area contributed by atoms with Crippen LogP contribution in [0.2, 0.25) is 0 Å². The van der Waals surface area contributed by atoms with Gasteiger partial charge in [0.25, 0.3) is 0 Å². The largest absolute Gasteiger partial charge is 0.497 e. The van der Waals surface area contributed by atoms with Gasteiger partial charge in [-0.1, -0.05) is 29.8 Å². The van der Waals surface area contributed by atoms with Crippen molar-refractivity contribution in [1.82, 2.24) is 0 Å². The predicted octanol–water partition coefficient (Wildman–Crippen LogP) is 4.03. The fraction of sp³-hybridized carbons (Fsp3) is 0.294. The highest BCUT2D eigenvalue weighted by Gasteiger charge is 2.05. The minimum absolute atomic E-state index is 0.898. The zero-order valence-electron chi connectivity index (χ0n) is 11.9. The fourth-order valence-corrected chi connectivity index (χ4v) is 2.09. The van der Waals surface area contributed by atoms with Gasteiger partial charge in [-0.2, -0.15) is 0 Å². The molecule has 0 aliphatic rings. The van der Waals surface area contributed by atoms with Gasteiger partial charge in [-0.25, -0.2) is 0 Å². The van der Waals surface area contributed by atoms with Crippen LogP contribution in [0.1, 0.15) is 18.1 Å². The molecule has 0 fully saturated rings. The molecule has 2 aromatic carbocycles. The van der Waals surface area contributed by atoms with Crippen LogP contribution in [0.15, 0.2) is 48.5 Å². The van der Waals surface area contributed by atoms with Crippen molar-refractivity contribution in [1.29, 1.82) is 0 Å². The van der Waals surface area contributed by atoms with Gasteiger partial charge in [0, 0.05) is 18.8 Å². The molecule has 0 saturated carbocycles. The second-order valence-electron chi connectivity index (χ2n) is 4.70. The maximum absolute atomic E-state index is 5.20. The van der Waals surface area contributed by atoms with Crippen LogP contribution in [0, 0.1) is 6.92 Å². The van der Waals surface area contributed by atoms with Crippen molar-refractivity contribution in [3.8, 4) is 5.75 Å². The fourth-order valence-electron chi connectivity index (χ4n) is 2.09. The summed E-state index contributed by atoms with van der Waals surface area (Å²) in [7, 11) is 1.69. The molecule has 0 atom stereocenters. The van der Waals surface area contributed by atoms with Crippen LogP contribution in [-0.4, -0.2) is 13.7 Å². The highest BCUT2D eigenvalue weighted by molar-refractivity contribution is 5.49. The Bertz CT molecular complexity index is 502. The predicted molar refractivity (Wildman–Crippen MR) is 80.9 cm³/mol. The summed E-state index contributed by atoms with van der Waals surface area (Å²) < 4.78 is 5.20. The highest BCUT2D eigenvalue weighted by Crippen LogP contribution is 2.21. The van der Waals surface area contributed by atoms with Gasteiger partial charge in [0.05, 0.1) is 7.11 Å². The van der Waals surface area contributed by atoms with Crippen LogP contribution in [-0.2, 0) is 6.54 Å². The lowest BCUT2D eigenvalue weighted by Gasteiger charge is -2.23. The molecule has 19 heavy (non-hydrogen) atoms. The molecule has 2 nitrogen and oxygen atoms in total. The molecule has 0 heterocycles. The van der Waals surface area contributed by atoms with E-state index in [0.717, 1.165) is 18.8 Å². The molecule has 100 valence electrons. The minimum atomic E-state index is 0.898. The summed E-state index contributed by atoms with van der Waals surface area (Å²) in [4.78, 5) is 2.35. The summed E-state index contributed by atoms with van der Waals surface area (Å²) in [5.41, 5.74) is 3.86. The molecule has 0 aliphatic carbocycles. The van der Waals surface area contributed by atoms with E-state index in [1.54, 1.807) is 7.11 Å². The first-order valence-electron chi connectivity index (χ1n) is 6.67. The summed E-state index contributed by atoms with van der Waals surface area (Å²) in [6.45, 7) is 6.21. The van der Waals surface area contributed by atoms with Crippen molar-refractivity contribution in [2.75, 3.05) is 18.6 Å². The minimum Gasteiger partial charge on any atom is -0.497 e. The number of hydrogen-bond donors (Lipinski definition) is 0. The number of nitrogens with zero attached hydrogens (tertiary/aromatic N) is 1. The molecule has 0 amide bonds. The van der Waals surface area contributed by atoms with Gasteiger partial charge in [0.2, 0.25) is 0 Å².